The number of aromatic nitrogens is 4. The van der Waals surface area contributed by atoms with Crippen LogP contribution < -0.4 is 9.80 Å². The van der Waals surface area contributed by atoms with E-state index in [1.807, 2.05) is 38.1 Å². The van der Waals surface area contributed by atoms with Crippen molar-refractivity contribution in [3.05, 3.63) is 36.0 Å². The second-order valence-corrected chi connectivity index (χ2v) is 5.93. The zero-order valence-corrected chi connectivity index (χ0v) is 13.4. The summed E-state index contributed by atoms with van der Waals surface area (Å²) < 4.78 is 0. The standard InChI is InChI=1S/C16H22N6/c1-12-11-14(21(2)3)20-15(19-12)13-5-9-22(10-6-13)16-17-7-4-8-18-16/h4,7-8,11,13H,5-6,9-10H2,1-3H3. The number of hydrogen-bond donors (Lipinski definition) is 0. The summed E-state index contributed by atoms with van der Waals surface area (Å²) in [6, 6.07) is 3.87. The van der Waals surface area contributed by atoms with Crippen LogP contribution in [0.2, 0.25) is 0 Å². The van der Waals surface area contributed by atoms with Crippen LogP contribution >= 0.6 is 0 Å². The van der Waals surface area contributed by atoms with E-state index in [1.165, 1.54) is 0 Å². The fraction of sp³-hybridized carbons (Fsp3) is 0.500. The maximum atomic E-state index is 4.72. The number of anilines is 2. The molecule has 22 heavy (non-hydrogen) atoms. The molecule has 0 radical (unpaired) electrons. The normalized spacial score (nSPS) is 15.9. The van der Waals surface area contributed by atoms with Crippen LogP contribution in [0, 0.1) is 6.92 Å². The first-order valence-corrected chi connectivity index (χ1v) is 7.68. The second-order valence-electron chi connectivity index (χ2n) is 5.93. The fourth-order valence-corrected chi connectivity index (χ4v) is 2.78. The number of hydrogen-bond acceptors (Lipinski definition) is 6. The summed E-state index contributed by atoms with van der Waals surface area (Å²) in [5.74, 6) is 3.19. The summed E-state index contributed by atoms with van der Waals surface area (Å²) in [5.41, 5.74) is 1.03. The Hall–Kier alpha value is -2.24. The summed E-state index contributed by atoms with van der Waals surface area (Å²) in [7, 11) is 4.03. The molecule has 0 atom stereocenters. The number of nitrogens with zero attached hydrogens (tertiary/aromatic N) is 6. The molecular weight excluding hydrogens is 276 g/mol. The van der Waals surface area contributed by atoms with Crippen molar-refractivity contribution in [2.75, 3.05) is 37.0 Å². The average Bonchev–Trinajstić information content (AvgIpc) is 2.55. The lowest BCUT2D eigenvalue weighted by Crippen LogP contribution is -2.34. The Labute approximate surface area is 131 Å². The third-order valence-electron chi connectivity index (χ3n) is 4.01. The Morgan fingerprint density at radius 3 is 2.41 bits per heavy atom. The van der Waals surface area contributed by atoms with E-state index in [2.05, 4.69) is 19.9 Å². The third kappa shape index (κ3) is 3.16. The first-order valence-electron chi connectivity index (χ1n) is 7.68. The molecule has 2 aromatic heterocycles. The smallest absolute Gasteiger partial charge is 0.225 e. The van der Waals surface area contributed by atoms with E-state index in [0.29, 0.717) is 5.92 Å². The highest BCUT2D eigenvalue weighted by Gasteiger charge is 2.24. The van der Waals surface area contributed by atoms with Gasteiger partial charge in [-0.1, -0.05) is 0 Å². The van der Waals surface area contributed by atoms with Gasteiger partial charge < -0.3 is 9.80 Å². The largest absolute Gasteiger partial charge is 0.363 e. The Morgan fingerprint density at radius 1 is 1.09 bits per heavy atom. The molecule has 1 aliphatic heterocycles. The van der Waals surface area contributed by atoms with Crippen molar-refractivity contribution in [2.24, 2.45) is 0 Å². The molecule has 116 valence electrons. The molecule has 3 rings (SSSR count). The van der Waals surface area contributed by atoms with E-state index >= 15 is 0 Å². The van der Waals surface area contributed by atoms with Gasteiger partial charge in [0.15, 0.2) is 0 Å². The highest BCUT2D eigenvalue weighted by Crippen LogP contribution is 2.28. The summed E-state index contributed by atoms with van der Waals surface area (Å²) in [6.45, 7) is 3.93. The highest BCUT2D eigenvalue weighted by atomic mass is 15.2. The molecule has 1 aliphatic rings. The molecule has 2 aromatic rings. The molecule has 0 spiro atoms. The Morgan fingerprint density at radius 2 is 1.77 bits per heavy atom. The quantitative estimate of drug-likeness (QED) is 0.864. The van der Waals surface area contributed by atoms with Crippen molar-refractivity contribution in [1.29, 1.82) is 0 Å². The Kier molecular flexibility index (Phi) is 4.18. The van der Waals surface area contributed by atoms with Gasteiger partial charge in [0.1, 0.15) is 11.6 Å². The lowest BCUT2D eigenvalue weighted by molar-refractivity contribution is 0.479. The molecule has 1 saturated heterocycles. The van der Waals surface area contributed by atoms with Gasteiger partial charge in [0.25, 0.3) is 0 Å². The van der Waals surface area contributed by atoms with Gasteiger partial charge in [-0.05, 0) is 25.8 Å². The van der Waals surface area contributed by atoms with E-state index in [-0.39, 0.29) is 0 Å². The van der Waals surface area contributed by atoms with Gasteiger partial charge in [-0.15, -0.1) is 0 Å². The van der Waals surface area contributed by atoms with Gasteiger partial charge in [0.2, 0.25) is 5.95 Å². The van der Waals surface area contributed by atoms with E-state index in [0.717, 1.165) is 49.2 Å². The predicted octanol–water partition coefficient (Wildman–Crippen LogP) is 2.03. The summed E-state index contributed by atoms with van der Waals surface area (Å²) in [4.78, 5) is 22.3. The minimum atomic E-state index is 0.415. The van der Waals surface area contributed by atoms with Gasteiger partial charge >= 0.3 is 0 Å². The number of piperidine rings is 1. The van der Waals surface area contributed by atoms with Crippen LogP contribution in [0.1, 0.15) is 30.3 Å². The molecule has 0 unspecified atom stereocenters. The first-order chi connectivity index (χ1) is 10.6. The molecule has 0 N–H and O–H groups in total. The van der Waals surface area contributed by atoms with Crippen molar-refractivity contribution in [2.45, 2.75) is 25.7 Å². The molecule has 6 nitrogen and oxygen atoms in total. The van der Waals surface area contributed by atoms with Crippen molar-refractivity contribution in [3.63, 3.8) is 0 Å². The maximum absolute atomic E-state index is 4.72. The Balaban J connectivity index is 1.71. The summed E-state index contributed by atoms with van der Waals surface area (Å²) >= 11 is 0. The monoisotopic (exact) mass is 298 g/mol. The van der Waals surface area contributed by atoms with Crippen LogP contribution in [0.4, 0.5) is 11.8 Å². The molecule has 6 heteroatoms. The van der Waals surface area contributed by atoms with E-state index < -0.39 is 0 Å². The van der Waals surface area contributed by atoms with Crippen LogP contribution in [0.25, 0.3) is 0 Å². The number of aryl methyl sites for hydroxylation is 1. The van der Waals surface area contributed by atoms with Crippen LogP contribution in [0.3, 0.4) is 0 Å². The van der Waals surface area contributed by atoms with Crippen molar-refractivity contribution < 1.29 is 0 Å². The van der Waals surface area contributed by atoms with Crippen molar-refractivity contribution >= 4 is 11.8 Å². The zero-order valence-electron chi connectivity index (χ0n) is 13.4. The van der Waals surface area contributed by atoms with Gasteiger partial charge in [-0.25, -0.2) is 19.9 Å². The lowest BCUT2D eigenvalue weighted by atomic mass is 9.96. The molecular formula is C16H22N6. The Bertz CT molecular complexity index is 620. The predicted molar refractivity (Wildman–Crippen MR) is 87.3 cm³/mol. The SMILES string of the molecule is Cc1cc(N(C)C)nc(C2CCN(c3ncccn3)CC2)n1. The van der Waals surface area contributed by atoms with Gasteiger partial charge in [-0.3, -0.25) is 0 Å². The minimum Gasteiger partial charge on any atom is -0.363 e. The average molecular weight is 298 g/mol. The molecule has 3 heterocycles. The van der Waals surface area contributed by atoms with E-state index in [1.54, 1.807) is 12.4 Å². The van der Waals surface area contributed by atoms with E-state index in [4.69, 9.17) is 4.98 Å². The minimum absolute atomic E-state index is 0.415. The molecule has 0 aromatic carbocycles. The molecule has 0 saturated carbocycles. The van der Waals surface area contributed by atoms with Crippen molar-refractivity contribution in [1.82, 2.24) is 19.9 Å². The van der Waals surface area contributed by atoms with E-state index in [9.17, 15) is 0 Å². The molecule has 0 amide bonds. The number of rotatable bonds is 3. The first kappa shape index (κ1) is 14.7. The van der Waals surface area contributed by atoms with Crippen LogP contribution in [0.5, 0.6) is 0 Å². The third-order valence-corrected chi connectivity index (χ3v) is 4.01. The van der Waals surface area contributed by atoms with Gasteiger partial charge in [-0.2, -0.15) is 0 Å². The fourth-order valence-electron chi connectivity index (χ4n) is 2.78. The van der Waals surface area contributed by atoms with Crippen LogP contribution in [-0.2, 0) is 0 Å². The van der Waals surface area contributed by atoms with Gasteiger partial charge in [0, 0.05) is 57.3 Å². The molecule has 0 aliphatic carbocycles. The summed E-state index contributed by atoms with van der Waals surface area (Å²) in [5, 5.41) is 0. The maximum Gasteiger partial charge on any atom is 0.225 e. The lowest BCUT2D eigenvalue weighted by Gasteiger charge is -2.31. The highest BCUT2D eigenvalue weighted by molar-refractivity contribution is 5.38. The van der Waals surface area contributed by atoms with Crippen LogP contribution in [0.15, 0.2) is 24.5 Å². The molecule has 0 bridgehead atoms. The van der Waals surface area contributed by atoms with Crippen LogP contribution in [-0.4, -0.2) is 47.1 Å². The van der Waals surface area contributed by atoms with Gasteiger partial charge in [0.05, 0.1) is 0 Å². The zero-order chi connectivity index (χ0) is 15.5. The second kappa shape index (κ2) is 6.25. The topological polar surface area (TPSA) is 58.0 Å². The van der Waals surface area contributed by atoms with Crippen molar-refractivity contribution in [3.8, 4) is 0 Å². The summed E-state index contributed by atoms with van der Waals surface area (Å²) in [6.07, 6.45) is 5.66. The molecule has 1 fully saturated rings.